The fourth-order valence-electron chi connectivity index (χ4n) is 2.57. The van der Waals surface area contributed by atoms with Gasteiger partial charge in [0.2, 0.25) is 0 Å². The quantitative estimate of drug-likeness (QED) is 0.695. The zero-order valence-electron chi connectivity index (χ0n) is 12.2. The van der Waals surface area contributed by atoms with Crippen LogP contribution in [-0.4, -0.2) is 10.3 Å². The molecule has 2 aromatic rings. The highest BCUT2D eigenvalue weighted by atomic mass is 79.9. The molecule has 1 aromatic carbocycles. The zero-order chi connectivity index (χ0) is 14.3. The van der Waals surface area contributed by atoms with Crippen molar-refractivity contribution in [3.8, 4) is 5.69 Å². The predicted octanol–water partition coefficient (Wildman–Crippen LogP) is 4.32. The maximum absolute atomic E-state index is 3.52. The molecule has 0 aliphatic carbocycles. The summed E-state index contributed by atoms with van der Waals surface area (Å²) in [7, 11) is 0. The summed E-state index contributed by atoms with van der Waals surface area (Å²) >= 11 is 5.49. The van der Waals surface area contributed by atoms with Gasteiger partial charge in [-0.15, -0.1) is 0 Å². The standard InChI is InChI=1S/C16H20BrN2S/c1-16(2,3)14-11-18-9-4-10-20-15(18)19(14)13-7-5-12(17)6-8-13/h5-8,11H,4,9-10H2,1-3H3/q+1. The first kappa shape index (κ1) is 14.2. The minimum absolute atomic E-state index is 0.137. The van der Waals surface area contributed by atoms with Crippen molar-refractivity contribution in [2.45, 2.75) is 44.3 Å². The van der Waals surface area contributed by atoms with Gasteiger partial charge in [0.25, 0.3) is 0 Å². The van der Waals surface area contributed by atoms with Crippen molar-refractivity contribution < 1.29 is 4.57 Å². The van der Waals surface area contributed by atoms with Gasteiger partial charge >= 0.3 is 5.16 Å². The lowest BCUT2D eigenvalue weighted by Crippen LogP contribution is -2.37. The summed E-state index contributed by atoms with van der Waals surface area (Å²) in [6.45, 7) is 7.99. The first-order valence-corrected chi connectivity index (χ1v) is 8.79. The lowest BCUT2D eigenvalue weighted by atomic mass is 9.92. The minimum atomic E-state index is 0.137. The van der Waals surface area contributed by atoms with Gasteiger partial charge in [-0.2, -0.15) is 4.57 Å². The normalized spacial score (nSPS) is 15.2. The highest BCUT2D eigenvalue weighted by molar-refractivity contribution is 9.10. The van der Waals surface area contributed by atoms with Crippen LogP contribution < -0.4 is 4.57 Å². The van der Waals surface area contributed by atoms with E-state index in [1.54, 1.807) is 0 Å². The summed E-state index contributed by atoms with van der Waals surface area (Å²) in [5.41, 5.74) is 2.77. The Morgan fingerprint density at radius 2 is 1.90 bits per heavy atom. The molecule has 0 saturated carbocycles. The maximum atomic E-state index is 3.52. The van der Waals surface area contributed by atoms with Crippen molar-refractivity contribution in [2.75, 3.05) is 5.75 Å². The van der Waals surface area contributed by atoms with Crippen LogP contribution in [-0.2, 0) is 12.0 Å². The van der Waals surface area contributed by atoms with Gasteiger partial charge in [-0.25, -0.2) is 4.57 Å². The van der Waals surface area contributed by atoms with Gasteiger partial charge < -0.3 is 0 Å². The van der Waals surface area contributed by atoms with Gasteiger partial charge in [-0.05, 0) is 42.4 Å². The van der Waals surface area contributed by atoms with Gasteiger partial charge in [0.05, 0.1) is 6.54 Å². The molecule has 0 bridgehead atoms. The number of thioether (sulfide) groups is 1. The first-order chi connectivity index (χ1) is 9.47. The van der Waals surface area contributed by atoms with Crippen molar-refractivity contribution in [1.29, 1.82) is 0 Å². The number of benzene rings is 1. The maximum Gasteiger partial charge on any atom is 0.323 e. The highest BCUT2D eigenvalue weighted by Gasteiger charge is 2.33. The van der Waals surface area contributed by atoms with Crippen LogP contribution in [0.3, 0.4) is 0 Å². The Morgan fingerprint density at radius 3 is 2.55 bits per heavy atom. The number of imidazole rings is 1. The smallest absolute Gasteiger partial charge is 0.224 e. The summed E-state index contributed by atoms with van der Waals surface area (Å²) < 4.78 is 5.97. The van der Waals surface area contributed by atoms with E-state index in [-0.39, 0.29) is 5.41 Å². The number of aromatic nitrogens is 2. The summed E-state index contributed by atoms with van der Waals surface area (Å²) in [4.78, 5) is 0. The fraction of sp³-hybridized carbons (Fsp3) is 0.438. The van der Waals surface area contributed by atoms with Crippen LogP contribution in [0, 0.1) is 0 Å². The Balaban J connectivity index is 2.21. The van der Waals surface area contributed by atoms with E-state index in [1.807, 2.05) is 11.8 Å². The third-order valence-corrected chi connectivity index (χ3v) is 5.28. The average molecular weight is 352 g/mol. The van der Waals surface area contributed by atoms with Crippen molar-refractivity contribution in [3.63, 3.8) is 0 Å². The summed E-state index contributed by atoms with van der Waals surface area (Å²) in [6, 6.07) is 8.61. The van der Waals surface area contributed by atoms with E-state index in [1.165, 1.54) is 28.7 Å². The van der Waals surface area contributed by atoms with Gasteiger partial charge in [-0.3, -0.25) is 0 Å². The van der Waals surface area contributed by atoms with E-state index in [0.717, 1.165) is 11.0 Å². The van der Waals surface area contributed by atoms with Crippen molar-refractivity contribution >= 4 is 27.7 Å². The van der Waals surface area contributed by atoms with E-state index in [4.69, 9.17) is 0 Å². The van der Waals surface area contributed by atoms with Gasteiger partial charge in [0, 0.05) is 15.6 Å². The summed E-state index contributed by atoms with van der Waals surface area (Å²) in [6.07, 6.45) is 3.60. The van der Waals surface area contributed by atoms with Gasteiger partial charge in [0.1, 0.15) is 11.9 Å². The van der Waals surface area contributed by atoms with Crippen LogP contribution in [0.5, 0.6) is 0 Å². The Morgan fingerprint density at radius 1 is 1.20 bits per heavy atom. The van der Waals surface area contributed by atoms with Gasteiger partial charge in [-0.1, -0.05) is 36.7 Å². The third-order valence-electron chi connectivity index (χ3n) is 3.58. The number of fused-ring (bicyclic) bond motifs is 1. The molecule has 0 N–H and O–H groups in total. The molecule has 0 saturated heterocycles. The molecule has 1 aliphatic heterocycles. The van der Waals surface area contributed by atoms with E-state index in [9.17, 15) is 0 Å². The molecule has 0 atom stereocenters. The molecule has 0 fully saturated rings. The molecule has 0 spiro atoms. The zero-order valence-corrected chi connectivity index (χ0v) is 14.6. The molecule has 0 radical (unpaired) electrons. The van der Waals surface area contributed by atoms with Crippen molar-refractivity contribution in [2.24, 2.45) is 0 Å². The van der Waals surface area contributed by atoms with E-state index in [2.05, 4.69) is 76.3 Å². The highest BCUT2D eigenvalue weighted by Crippen LogP contribution is 2.32. The SMILES string of the molecule is CC(C)(C)c1c[n+]2c(n1-c1ccc(Br)cc1)SCCC2. The largest absolute Gasteiger partial charge is 0.323 e. The van der Waals surface area contributed by atoms with Crippen LogP contribution >= 0.6 is 27.7 Å². The van der Waals surface area contributed by atoms with Crippen molar-refractivity contribution in [1.82, 2.24) is 4.57 Å². The Labute approximate surface area is 133 Å². The van der Waals surface area contributed by atoms with Crippen LogP contribution in [0.2, 0.25) is 0 Å². The van der Waals surface area contributed by atoms with Gasteiger partial charge in [0.15, 0.2) is 5.69 Å². The molecule has 0 unspecified atom stereocenters. The molecular formula is C16H20BrN2S+. The van der Waals surface area contributed by atoms with Crippen LogP contribution in [0.4, 0.5) is 0 Å². The van der Waals surface area contributed by atoms with Crippen molar-refractivity contribution in [3.05, 3.63) is 40.6 Å². The number of rotatable bonds is 1. The minimum Gasteiger partial charge on any atom is -0.224 e. The number of halogens is 1. The summed E-state index contributed by atoms with van der Waals surface area (Å²) in [5, 5.41) is 1.36. The first-order valence-electron chi connectivity index (χ1n) is 7.01. The molecular weight excluding hydrogens is 332 g/mol. The molecule has 2 nitrogen and oxygen atoms in total. The lowest BCUT2D eigenvalue weighted by Gasteiger charge is -2.16. The average Bonchev–Trinajstić information content (AvgIpc) is 2.79. The molecule has 1 aliphatic rings. The lowest BCUT2D eigenvalue weighted by molar-refractivity contribution is -0.734. The van der Waals surface area contributed by atoms with Crippen LogP contribution in [0.25, 0.3) is 5.69 Å². The topological polar surface area (TPSA) is 8.81 Å². The second kappa shape index (κ2) is 5.23. The van der Waals surface area contributed by atoms with E-state index >= 15 is 0 Å². The molecule has 0 amide bonds. The second-order valence-electron chi connectivity index (χ2n) is 6.25. The molecule has 4 heteroatoms. The van der Waals surface area contributed by atoms with E-state index in [0.29, 0.717) is 0 Å². The Kier molecular flexibility index (Phi) is 3.71. The second-order valence-corrected chi connectivity index (χ2v) is 8.23. The van der Waals surface area contributed by atoms with Crippen LogP contribution in [0.15, 0.2) is 40.1 Å². The number of hydrogen-bond acceptors (Lipinski definition) is 1. The Bertz CT molecular complexity index is 623. The Hall–Kier alpha value is -0.740. The monoisotopic (exact) mass is 351 g/mol. The van der Waals surface area contributed by atoms with E-state index < -0.39 is 0 Å². The third kappa shape index (κ3) is 2.56. The number of aryl methyl sites for hydroxylation is 1. The fourth-order valence-corrected chi connectivity index (χ4v) is 3.93. The predicted molar refractivity (Wildman–Crippen MR) is 87.7 cm³/mol. The molecule has 20 heavy (non-hydrogen) atoms. The molecule has 2 heterocycles. The van der Waals surface area contributed by atoms with Crippen LogP contribution in [0.1, 0.15) is 32.9 Å². The number of hydrogen-bond donors (Lipinski definition) is 0. The molecule has 3 rings (SSSR count). The summed E-state index contributed by atoms with van der Waals surface area (Å²) in [5.74, 6) is 1.21. The molecule has 106 valence electrons. The molecule has 1 aromatic heterocycles. The number of nitrogens with zero attached hydrogens (tertiary/aromatic N) is 2.